The lowest BCUT2D eigenvalue weighted by Crippen LogP contribution is -2.23. The first-order valence-corrected chi connectivity index (χ1v) is 7.27. The van der Waals surface area contributed by atoms with Gasteiger partial charge in [-0.05, 0) is 31.4 Å². The van der Waals surface area contributed by atoms with E-state index in [0.29, 0.717) is 42.6 Å². The van der Waals surface area contributed by atoms with Crippen LogP contribution in [0.25, 0.3) is 0 Å². The molecular weight excluding hydrogens is 292 g/mol. The van der Waals surface area contributed by atoms with Gasteiger partial charge in [0.1, 0.15) is 5.41 Å². The van der Waals surface area contributed by atoms with Gasteiger partial charge in [0.2, 0.25) is 5.89 Å². The predicted octanol–water partition coefficient (Wildman–Crippen LogP) is 2.91. The number of halogens is 1. The number of nitrogens with zero attached hydrogens (tertiary/aromatic N) is 2. The molecule has 0 atom stereocenters. The molecule has 1 saturated carbocycles. The van der Waals surface area contributed by atoms with E-state index < -0.39 is 5.41 Å². The molecular formula is C15H15ClN2O3. The fraction of sp³-hybridized carbons (Fsp3) is 0.400. The third-order valence-corrected chi connectivity index (χ3v) is 3.97. The summed E-state index contributed by atoms with van der Waals surface area (Å²) in [5, 5.41) is 4.61. The molecule has 1 fully saturated rings. The van der Waals surface area contributed by atoms with E-state index in [1.54, 1.807) is 6.92 Å². The molecule has 0 spiro atoms. The summed E-state index contributed by atoms with van der Waals surface area (Å²) in [6.07, 6.45) is 1.86. The molecule has 0 N–H and O–H groups in total. The molecule has 2 aromatic rings. The highest BCUT2D eigenvalue weighted by Crippen LogP contribution is 2.48. The largest absolute Gasteiger partial charge is 0.465 e. The Labute approximate surface area is 127 Å². The third kappa shape index (κ3) is 2.65. The molecule has 1 aromatic heterocycles. The molecule has 1 aromatic carbocycles. The van der Waals surface area contributed by atoms with Crippen molar-refractivity contribution >= 4 is 17.6 Å². The van der Waals surface area contributed by atoms with Crippen LogP contribution in [0.1, 0.15) is 37.0 Å². The molecule has 0 radical (unpaired) electrons. The van der Waals surface area contributed by atoms with E-state index >= 15 is 0 Å². The third-order valence-electron chi connectivity index (χ3n) is 3.60. The smallest absolute Gasteiger partial charge is 0.321 e. The molecule has 0 unspecified atom stereocenters. The van der Waals surface area contributed by atoms with Gasteiger partial charge in [0.25, 0.3) is 0 Å². The van der Waals surface area contributed by atoms with Crippen molar-refractivity contribution in [2.45, 2.75) is 31.6 Å². The Morgan fingerprint density at radius 2 is 2.19 bits per heavy atom. The summed E-state index contributed by atoms with van der Waals surface area (Å²) in [5.41, 5.74) is 0.203. The summed E-state index contributed by atoms with van der Waals surface area (Å²) in [6.45, 7) is 2.13. The van der Waals surface area contributed by atoms with Crippen LogP contribution in [0, 0.1) is 0 Å². The van der Waals surface area contributed by atoms with Crippen LogP contribution >= 0.6 is 11.6 Å². The molecule has 0 amide bonds. The zero-order valence-corrected chi connectivity index (χ0v) is 12.4. The van der Waals surface area contributed by atoms with Crippen LogP contribution < -0.4 is 0 Å². The quantitative estimate of drug-likeness (QED) is 0.795. The normalized spacial score (nSPS) is 15.7. The van der Waals surface area contributed by atoms with Crippen molar-refractivity contribution in [3.63, 3.8) is 0 Å². The van der Waals surface area contributed by atoms with Gasteiger partial charge in [0.05, 0.1) is 6.61 Å². The fourth-order valence-corrected chi connectivity index (χ4v) is 2.43. The number of benzene rings is 1. The molecule has 6 heteroatoms. The molecule has 1 heterocycles. The Balaban J connectivity index is 1.78. The van der Waals surface area contributed by atoms with E-state index in [4.69, 9.17) is 20.9 Å². The first kappa shape index (κ1) is 14.1. The van der Waals surface area contributed by atoms with Crippen molar-refractivity contribution in [1.29, 1.82) is 0 Å². The minimum atomic E-state index is -0.720. The predicted molar refractivity (Wildman–Crippen MR) is 76.1 cm³/mol. The first-order chi connectivity index (χ1) is 10.2. The highest BCUT2D eigenvalue weighted by Gasteiger charge is 2.57. The molecule has 3 rings (SSSR count). The van der Waals surface area contributed by atoms with Crippen LogP contribution in [0.3, 0.4) is 0 Å². The van der Waals surface area contributed by atoms with Crippen LogP contribution in [0.4, 0.5) is 0 Å². The molecule has 1 aliphatic rings. The number of ether oxygens (including phenoxy) is 1. The standard InChI is InChI=1S/C15H15ClN2O3/c1-2-20-14(19)15(7-8-15)13-17-12(18-21-13)9-10-5-3-4-6-11(10)16/h3-6H,2,7-9H2,1H3. The van der Waals surface area contributed by atoms with Crippen LogP contribution in [0.15, 0.2) is 28.8 Å². The van der Waals surface area contributed by atoms with Gasteiger partial charge in [0.15, 0.2) is 5.82 Å². The van der Waals surface area contributed by atoms with Gasteiger partial charge in [0, 0.05) is 11.4 Å². The summed E-state index contributed by atoms with van der Waals surface area (Å²) in [5.74, 6) is 0.592. The van der Waals surface area contributed by atoms with Gasteiger partial charge in [-0.25, -0.2) is 0 Å². The first-order valence-electron chi connectivity index (χ1n) is 6.89. The van der Waals surface area contributed by atoms with E-state index in [0.717, 1.165) is 5.56 Å². The Bertz CT molecular complexity index is 664. The second-order valence-electron chi connectivity index (χ2n) is 5.09. The topological polar surface area (TPSA) is 65.2 Å². The maximum atomic E-state index is 12.0. The van der Waals surface area contributed by atoms with Crippen LogP contribution in [-0.4, -0.2) is 22.7 Å². The van der Waals surface area contributed by atoms with Gasteiger partial charge in [-0.1, -0.05) is 35.0 Å². The number of hydrogen-bond acceptors (Lipinski definition) is 5. The van der Waals surface area contributed by atoms with Gasteiger partial charge in [-0.15, -0.1) is 0 Å². The second kappa shape index (κ2) is 5.48. The SMILES string of the molecule is CCOC(=O)C1(c2nc(Cc3ccccc3Cl)no2)CC1. The molecule has 1 aliphatic carbocycles. The van der Waals surface area contributed by atoms with Gasteiger partial charge >= 0.3 is 5.97 Å². The van der Waals surface area contributed by atoms with Crippen LogP contribution in [-0.2, 0) is 21.4 Å². The van der Waals surface area contributed by atoms with Crippen molar-refractivity contribution in [2.75, 3.05) is 6.61 Å². The lowest BCUT2D eigenvalue weighted by atomic mass is 10.1. The Morgan fingerprint density at radius 3 is 2.86 bits per heavy atom. The van der Waals surface area contributed by atoms with E-state index in [2.05, 4.69) is 10.1 Å². The summed E-state index contributed by atoms with van der Waals surface area (Å²) in [4.78, 5) is 16.3. The van der Waals surface area contributed by atoms with E-state index in [-0.39, 0.29) is 5.97 Å². The Morgan fingerprint density at radius 1 is 1.43 bits per heavy atom. The molecule has 5 nitrogen and oxygen atoms in total. The number of aromatic nitrogens is 2. The number of carbonyl (C=O) groups is 1. The summed E-state index contributed by atoms with van der Waals surface area (Å²) < 4.78 is 10.3. The maximum Gasteiger partial charge on any atom is 0.321 e. The van der Waals surface area contributed by atoms with Crippen LogP contribution in [0.5, 0.6) is 0 Å². The Hall–Kier alpha value is -1.88. The highest BCUT2D eigenvalue weighted by atomic mass is 35.5. The van der Waals surface area contributed by atoms with Crippen molar-refractivity contribution in [3.8, 4) is 0 Å². The molecule has 110 valence electrons. The van der Waals surface area contributed by atoms with Crippen molar-refractivity contribution in [3.05, 3.63) is 46.6 Å². The van der Waals surface area contributed by atoms with Gasteiger partial charge in [-0.3, -0.25) is 4.79 Å². The van der Waals surface area contributed by atoms with Crippen molar-refractivity contribution in [2.24, 2.45) is 0 Å². The second-order valence-corrected chi connectivity index (χ2v) is 5.49. The number of carbonyl (C=O) groups excluding carboxylic acids is 1. The summed E-state index contributed by atoms with van der Waals surface area (Å²) >= 11 is 6.11. The lowest BCUT2D eigenvalue weighted by molar-refractivity contribution is -0.146. The minimum absolute atomic E-state index is 0.280. The number of hydrogen-bond donors (Lipinski definition) is 0. The van der Waals surface area contributed by atoms with E-state index in [1.807, 2.05) is 24.3 Å². The maximum absolute atomic E-state index is 12.0. The summed E-state index contributed by atoms with van der Waals surface area (Å²) in [6, 6.07) is 7.51. The van der Waals surface area contributed by atoms with E-state index in [1.165, 1.54) is 0 Å². The van der Waals surface area contributed by atoms with Gasteiger partial charge in [-0.2, -0.15) is 4.98 Å². The van der Waals surface area contributed by atoms with Crippen molar-refractivity contribution in [1.82, 2.24) is 10.1 Å². The Kier molecular flexibility index (Phi) is 3.68. The average Bonchev–Trinajstić information content (AvgIpc) is 3.16. The van der Waals surface area contributed by atoms with Crippen LogP contribution in [0.2, 0.25) is 5.02 Å². The molecule has 0 saturated heterocycles. The van der Waals surface area contributed by atoms with E-state index in [9.17, 15) is 4.79 Å². The lowest BCUT2D eigenvalue weighted by Gasteiger charge is -2.08. The monoisotopic (exact) mass is 306 g/mol. The fourth-order valence-electron chi connectivity index (χ4n) is 2.23. The zero-order chi connectivity index (χ0) is 14.9. The zero-order valence-electron chi connectivity index (χ0n) is 11.6. The number of esters is 1. The molecule has 0 bridgehead atoms. The summed E-state index contributed by atoms with van der Waals surface area (Å²) in [7, 11) is 0. The van der Waals surface area contributed by atoms with Crippen molar-refractivity contribution < 1.29 is 14.1 Å². The average molecular weight is 307 g/mol. The number of rotatable bonds is 5. The van der Waals surface area contributed by atoms with Gasteiger partial charge < -0.3 is 9.26 Å². The minimum Gasteiger partial charge on any atom is -0.465 e. The molecule has 21 heavy (non-hydrogen) atoms. The highest BCUT2D eigenvalue weighted by molar-refractivity contribution is 6.31. The molecule has 0 aliphatic heterocycles.